The number of nitrogens with one attached hydrogen (secondary N) is 1. The van der Waals surface area contributed by atoms with E-state index in [0.717, 1.165) is 56.0 Å². The average molecular weight is 452 g/mol. The van der Waals surface area contributed by atoms with Crippen LogP contribution in [0.5, 0.6) is 11.5 Å². The number of allylic oxidation sites excluding steroid dienone is 1. The highest BCUT2D eigenvalue weighted by molar-refractivity contribution is 5.48. The SMILES string of the molecule is COc1cccc(C(CC=C(C)C)NC2CCN(Cc3ccc(N(C)C)cc3)CC2)c1OC. The Labute approximate surface area is 200 Å². The molecular weight excluding hydrogens is 410 g/mol. The Morgan fingerprint density at radius 3 is 2.33 bits per heavy atom. The number of rotatable bonds is 10. The van der Waals surface area contributed by atoms with Crippen molar-refractivity contribution in [2.75, 3.05) is 46.3 Å². The molecule has 1 aliphatic heterocycles. The molecule has 0 aliphatic carbocycles. The van der Waals surface area contributed by atoms with Crippen LogP contribution in [0.4, 0.5) is 5.69 Å². The number of benzene rings is 2. The number of para-hydroxylation sites is 1. The molecule has 2 aromatic carbocycles. The van der Waals surface area contributed by atoms with E-state index in [1.807, 2.05) is 6.07 Å². The van der Waals surface area contributed by atoms with Gasteiger partial charge in [0.25, 0.3) is 0 Å². The quantitative estimate of drug-likeness (QED) is 0.488. The van der Waals surface area contributed by atoms with Crippen molar-refractivity contribution in [2.45, 2.75) is 51.7 Å². The number of ether oxygens (including phenoxy) is 2. The lowest BCUT2D eigenvalue weighted by molar-refractivity contribution is 0.183. The first-order valence-electron chi connectivity index (χ1n) is 12.0. The van der Waals surface area contributed by atoms with Crippen LogP contribution in [0.2, 0.25) is 0 Å². The maximum atomic E-state index is 5.75. The molecule has 1 heterocycles. The Hall–Kier alpha value is -2.50. The summed E-state index contributed by atoms with van der Waals surface area (Å²) < 4.78 is 11.3. The summed E-state index contributed by atoms with van der Waals surface area (Å²) in [6, 6.07) is 15.8. The van der Waals surface area contributed by atoms with E-state index in [4.69, 9.17) is 9.47 Å². The van der Waals surface area contributed by atoms with Crippen molar-refractivity contribution in [2.24, 2.45) is 0 Å². The highest BCUT2D eigenvalue weighted by atomic mass is 16.5. The summed E-state index contributed by atoms with van der Waals surface area (Å²) in [5.74, 6) is 1.62. The Bertz CT molecular complexity index is 896. The van der Waals surface area contributed by atoms with Crippen molar-refractivity contribution < 1.29 is 9.47 Å². The van der Waals surface area contributed by atoms with E-state index in [9.17, 15) is 0 Å². The van der Waals surface area contributed by atoms with Gasteiger partial charge in [-0.2, -0.15) is 0 Å². The summed E-state index contributed by atoms with van der Waals surface area (Å²) >= 11 is 0. The highest BCUT2D eigenvalue weighted by Crippen LogP contribution is 2.36. The molecule has 0 radical (unpaired) electrons. The lowest BCUT2D eigenvalue weighted by atomic mass is 9.97. The van der Waals surface area contributed by atoms with Crippen LogP contribution in [-0.4, -0.2) is 52.3 Å². The molecule has 33 heavy (non-hydrogen) atoms. The second-order valence-corrected chi connectivity index (χ2v) is 9.43. The van der Waals surface area contributed by atoms with Crippen LogP contribution in [0, 0.1) is 0 Å². The predicted octanol–water partition coefficient (Wildman–Crippen LogP) is 5.42. The van der Waals surface area contributed by atoms with Crippen molar-refractivity contribution in [3.63, 3.8) is 0 Å². The number of piperidine rings is 1. The van der Waals surface area contributed by atoms with E-state index in [1.54, 1.807) is 14.2 Å². The first kappa shape index (κ1) is 25.1. The van der Waals surface area contributed by atoms with Crippen LogP contribution >= 0.6 is 0 Å². The van der Waals surface area contributed by atoms with Gasteiger partial charge in [0, 0.05) is 44.0 Å². The number of anilines is 1. The van der Waals surface area contributed by atoms with Crippen LogP contribution in [0.3, 0.4) is 0 Å². The largest absolute Gasteiger partial charge is 0.493 e. The molecule has 0 amide bonds. The average Bonchev–Trinajstić information content (AvgIpc) is 2.82. The Balaban J connectivity index is 1.63. The molecule has 1 aliphatic rings. The third kappa shape index (κ3) is 6.99. The fourth-order valence-corrected chi connectivity index (χ4v) is 4.52. The monoisotopic (exact) mass is 451 g/mol. The number of methoxy groups -OCH3 is 2. The molecule has 1 atom stereocenters. The Morgan fingerprint density at radius 1 is 1.06 bits per heavy atom. The van der Waals surface area contributed by atoms with Gasteiger partial charge >= 0.3 is 0 Å². The number of hydrogen-bond donors (Lipinski definition) is 1. The van der Waals surface area contributed by atoms with Crippen molar-refractivity contribution in [3.05, 3.63) is 65.2 Å². The Morgan fingerprint density at radius 2 is 1.76 bits per heavy atom. The van der Waals surface area contributed by atoms with Crippen LogP contribution < -0.4 is 19.7 Å². The lowest BCUT2D eigenvalue weighted by Gasteiger charge is -2.35. The van der Waals surface area contributed by atoms with Gasteiger partial charge < -0.3 is 19.7 Å². The van der Waals surface area contributed by atoms with E-state index in [0.29, 0.717) is 6.04 Å². The topological polar surface area (TPSA) is 37.0 Å². The van der Waals surface area contributed by atoms with Gasteiger partial charge in [0.1, 0.15) is 0 Å². The molecule has 180 valence electrons. The summed E-state index contributed by atoms with van der Waals surface area (Å²) in [5.41, 5.74) is 5.13. The van der Waals surface area contributed by atoms with Crippen LogP contribution in [0.15, 0.2) is 54.1 Å². The third-order valence-corrected chi connectivity index (χ3v) is 6.45. The zero-order chi connectivity index (χ0) is 23.8. The molecule has 3 rings (SSSR count). The molecule has 0 aromatic heterocycles. The van der Waals surface area contributed by atoms with Gasteiger partial charge in [0.05, 0.1) is 14.2 Å². The van der Waals surface area contributed by atoms with Crippen LogP contribution in [-0.2, 0) is 6.54 Å². The van der Waals surface area contributed by atoms with Gasteiger partial charge in [-0.05, 0) is 70.0 Å². The van der Waals surface area contributed by atoms with Gasteiger partial charge in [0.15, 0.2) is 11.5 Å². The second kappa shape index (κ2) is 12.1. The first-order chi connectivity index (χ1) is 15.9. The van der Waals surface area contributed by atoms with Gasteiger partial charge in [0.2, 0.25) is 0 Å². The maximum Gasteiger partial charge on any atom is 0.165 e. The Kier molecular flexibility index (Phi) is 9.21. The number of likely N-dealkylation sites (tertiary alicyclic amines) is 1. The van der Waals surface area contributed by atoms with E-state index in [-0.39, 0.29) is 6.04 Å². The summed E-state index contributed by atoms with van der Waals surface area (Å²) in [6.07, 6.45) is 5.54. The van der Waals surface area contributed by atoms with Crippen molar-refractivity contribution in [1.29, 1.82) is 0 Å². The van der Waals surface area contributed by atoms with Gasteiger partial charge in [-0.25, -0.2) is 0 Å². The van der Waals surface area contributed by atoms with Crippen LogP contribution in [0.1, 0.15) is 50.3 Å². The van der Waals surface area contributed by atoms with Crippen molar-refractivity contribution >= 4 is 5.69 Å². The van der Waals surface area contributed by atoms with E-state index < -0.39 is 0 Å². The fraction of sp³-hybridized carbons (Fsp3) is 0.500. The summed E-state index contributed by atoms with van der Waals surface area (Å²) in [5, 5.41) is 3.95. The molecule has 5 heteroatoms. The molecule has 1 unspecified atom stereocenters. The van der Waals surface area contributed by atoms with Crippen molar-refractivity contribution in [1.82, 2.24) is 10.2 Å². The minimum atomic E-state index is 0.195. The lowest BCUT2D eigenvalue weighted by Crippen LogP contribution is -2.43. The minimum Gasteiger partial charge on any atom is -0.493 e. The second-order valence-electron chi connectivity index (χ2n) is 9.43. The third-order valence-electron chi connectivity index (χ3n) is 6.45. The molecule has 0 spiro atoms. The van der Waals surface area contributed by atoms with E-state index in [2.05, 4.69) is 85.5 Å². The van der Waals surface area contributed by atoms with Gasteiger partial charge in [-0.1, -0.05) is 35.9 Å². The molecule has 1 N–H and O–H groups in total. The van der Waals surface area contributed by atoms with Crippen LogP contribution in [0.25, 0.3) is 0 Å². The fourth-order valence-electron chi connectivity index (χ4n) is 4.52. The minimum absolute atomic E-state index is 0.195. The zero-order valence-electron chi connectivity index (χ0n) is 21.2. The van der Waals surface area contributed by atoms with Gasteiger partial charge in [-0.3, -0.25) is 4.90 Å². The standard InChI is InChI=1S/C28H41N3O2/c1-21(2)10-15-26(25-8-7-9-27(32-5)28(25)33-6)29-23-16-18-31(19-17-23)20-22-11-13-24(14-12-22)30(3)4/h7-14,23,26,29H,15-20H2,1-6H3. The zero-order valence-corrected chi connectivity index (χ0v) is 21.2. The number of nitrogens with zero attached hydrogens (tertiary/aromatic N) is 2. The molecule has 2 aromatic rings. The van der Waals surface area contributed by atoms with Crippen molar-refractivity contribution in [3.8, 4) is 11.5 Å². The smallest absolute Gasteiger partial charge is 0.165 e. The number of hydrogen-bond acceptors (Lipinski definition) is 5. The van der Waals surface area contributed by atoms with E-state index in [1.165, 1.54) is 16.8 Å². The highest BCUT2D eigenvalue weighted by Gasteiger charge is 2.25. The normalized spacial score (nSPS) is 15.7. The summed E-state index contributed by atoms with van der Waals surface area (Å²) in [7, 11) is 7.59. The predicted molar refractivity (Wildman–Crippen MR) is 139 cm³/mol. The molecule has 0 bridgehead atoms. The molecular formula is C28H41N3O2. The maximum absolute atomic E-state index is 5.75. The molecule has 1 saturated heterocycles. The molecule has 5 nitrogen and oxygen atoms in total. The summed E-state index contributed by atoms with van der Waals surface area (Å²) in [4.78, 5) is 4.71. The first-order valence-corrected chi connectivity index (χ1v) is 12.0. The van der Waals surface area contributed by atoms with Gasteiger partial charge in [-0.15, -0.1) is 0 Å². The molecule has 0 saturated carbocycles. The summed E-state index contributed by atoms with van der Waals surface area (Å²) in [6.45, 7) is 7.55. The molecule has 1 fully saturated rings. The van der Waals surface area contributed by atoms with E-state index >= 15 is 0 Å².